The van der Waals surface area contributed by atoms with Crippen LogP contribution in [-0.4, -0.2) is 0 Å². The van der Waals surface area contributed by atoms with E-state index in [9.17, 15) is 0 Å². The fourth-order valence-electron chi connectivity index (χ4n) is 1.69. The predicted octanol–water partition coefficient (Wildman–Crippen LogP) is 5.66. The highest BCUT2D eigenvalue weighted by Gasteiger charge is 1.93. The van der Waals surface area contributed by atoms with Crippen LogP contribution in [0.2, 0.25) is 0 Å². The summed E-state index contributed by atoms with van der Waals surface area (Å²) in [6, 6.07) is 17.9. The van der Waals surface area contributed by atoms with Crippen LogP contribution in [0.3, 0.4) is 0 Å². The van der Waals surface area contributed by atoms with Crippen LogP contribution in [0.1, 0.15) is 18.0 Å². The number of aryl methyl sites for hydroxylation is 1. The summed E-state index contributed by atoms with van der Waals surface area (Å²) in [6.07, 6.45) is 0. The molecule has 0 nitrogen and oxygen atoms in total. The van der Waals surface area contributed by atoms with Crippen LogP contribution >= 0.6 is 0 Å². The lowest BCUT2D eigenvalue weighted by atomic mass is 10.0. The molecule has 0 heteroatoms. The Hall–Kier alpha value is -2.34. The third kappa shape index (κ3) is 4.40. The van der Waals surface area contributed by atoms with E-state index in [-0.39, 0.29) is 30.2 Å². The van der Waals surface area contributed by atoms with E-state index < -0.39 is 0 Å². The molecule has 0 aliphatic heterocycles. The van der Waals surface area contributed by atoms with Gasteiger partial charge in [0.2, 0.25) is 0 Å². The topological polar surface area (TPSA) is 0 Å². The van der Waals surface area contributed by atoms with Crippen LogP contribution in [-0.2, 0) is 0 Å². The molecule has 3 aromatic carbocycles. The maximum absolute atomic E-state index is 7.31. The summed E-state index contributed by atoms with van der Waals surface area (Å²) in [5.74, 6) is 0. The van der Waals surface area contributed by atoms with Gasteiger partial charge in [-0.25, -0.2) is 0 Å². The molecule has 0 heterocycles. The zero-order valence-corrected chi connectivity index (χ0v) is 11.7. The summed E-state index contributed by atoms with van der Waals surface area (Å²) >= 11 is 0. The minimum absolute atomic E-state index is 0.124. The van der Waals surface area contributed by atoms with Crippen LogP contribution in [0.5, 0.6) is 0 Å². The first-order valence-electron chi connectivity index (χ1n) is 8.98. The highest BCUT2D eigenvalue weighted by molar-refractivity contribution is 5.63. The van der Waals surface area contributed by atoms with E-state index in [1.165, 1.54) is 23.6 Å². The second-order valence-corrected chi connectivity index (χ2v) is 4.48. The fourth-order valence-corrected chi connectivity index (χ4v) is 1.69. The van der Waals surface area contributed by atoms with Crippen molar-refractivity contribution in [2.75, 3.05) is 0 Å². The van der Waals surface area contributed by atoms with Crippen molar-refractivity contribution >= 4 is 0 Å². The van der Waals surface area contributed by atoms with Crippen molar-refractivity contribution in [2.45, 2.75) is 13.8 Å². The van der Waals surface area contributed by atoms with Gasteiger partial charge in [0.1, 0.15) is 0 Å². The molecular formula is C20H20. The van der Waals surface area contributed by atoms with Gasteiger partial charge in [-0.1, -0.05) is 95.9 Å². The molecule has 0 aliphatic rings. The Bertz CT molecular complexity index is 751. The first-order valence-corrected chi connectivity index (χ1v) is 6.48. The van der Waals surface area contributed by atoms with Gasteiger partial charge in [-0.3, -0.25) is 0 Å². The largest absolute Gasteiger partial charge is 0.0625 e. The van der Waals surface area contributed by atoms with E-state index in [4.69, 9.17) is 6.85 Å². The lowest BCUT2D eigenvalue weighted by Gasteiger charge is -2.00. The third-order valence-electron chi connectivity index (χ3n) is 2.78. The lowest BCUT2D eigenvalue weighted by Crippen LogP contribution is -1.76. The van der Waals surface area contributed by atoms with Gasteiger partial charge in [0.25, 0.3) is 0 Å². The Morgan fingerprint density at radius 1 is 0.600 bits per heavy atom. The van der Waals surface area contributed by atoms with E-state index in [0.717, 1.165) is 0 Å². The molecule has 0 amide bonds. The molecule has 0 bridgehead atoms. The maximum Gasteiger partial charge on any atom is 0.0625 e. The first-order chi connectivity index (χ1) is 11.8. The molecule has 0 saturated carbocycles. The van der Waals surface area contributed by atoms with Gasteiger partial charge < -0.3 is 0 Å². The molecule has 0 fully saturated rings. The van der Waals surface area contributed by atoms with Crippen molar-refractivity contribution in [1.82, 2.24) is 0 Å². The Labute approximate surface area is 128 Å². The molecule has 0 unspecified atom stereocenters. The van der Waals surface area contributed by atoms with Crippen LogP contribution in [0.25, 0.3) is 11.1 Å². The molecule has 3 rings (SSSR count). The summed E-state index contributed by atoms with van der Waals surface area (Å²) in [7, 11) is 0. The zero-order chi connectivity index (χ0) is 18.6. The molecule has 3 aromatic rings. The highest BCUT2D eigenvalue weighted by Crippen LogP contribution is 2.18. The van der Waals surface area contributed by atoms with Gasteiger partial charge >= 0.3 is 0 Å². The second kappa shape index (κ2) is 7.30. The van der Waals surface area contributed by atoms with E-state index in [1.807, 2.05) is 6.07 Å². The van der Waals surface area contributed by atoms with E-state index >= 15 is 0 Å². The smallest absolute Gasteiger partial charge is 0.0622 e. The Balaban J connectivity index is 0.000000181. The molecule has 0 saturated heterocycles. The summed E-state index contributed by atoms with van der Waals surface area (Å²) in [6.45, 7) is 3.62. The quantitative estimate of drug-likeness (QED) is 0.533. The highest BCUT2D eigenvalue weighted by atomic mass is 14.0. The third-order valence-corrected chi connectivity index (χ3v) is 2.78. The predicted molar refractivity (Wildman–Crippen MR) is 87.8 cm³/mol. The molecule has 0 radical (unpaired) electrons. The lowest BCUT2D eigenvalue weighted by molar-refractivity contribution is 1.47. The van der Waals surface area contributed by atoms with E-state index in [1.54, 1.807) is 0 Å². The van der Waals surface area contributed by atoms with Crippen LogP contribution in [0, 0.1) is 13.8 Å². The van der Waals surface area contributed by atoms with Crippen LogP contribution in [0.15, 0.2) is 84.8 Å². The van der Waals surface area contributed by atoms with Crippen molar-refractivity contribution < 1.29 is 6.85 Å². The van der Waals surface area contributed by atoms with Crippen molar-refractivity contribution in [2.24, 2.45) is 0 Å². The number of rotatable bonds is 1. The minimum atomic E-state index is -0.337. The zero-order valence-electron chi connectivity index (χ0n) is 16.7. The molecule has 0 spiro atoms. The van der Waals surface area contributed by atoms with Gasteiger partial charge in [0.15, 0.2) is 0 Å². The number of hydrogen-bond donors (Lipinski definition) is 0. The molecule has 20 heavy (non-hydrogen) atoms. The van der Waals surface area contributed by atoms with Crippen LogP contribution < -0.4 is 0 Å². The van der Waals surface area contributed by atoms with Gasteiger partial charge in [0.05, 0.1) is 6.85 Å². The molecule has 0 aliphatic carbocycles. The Morgan fingerprint density at radius 2 is 1.15 bits per heavy atom. The average Bonchev–Trinajstić information content (AvgIpc) is 2.65. The maximum atomic E-state index is 7.31. The monoisotopic (exact) mass is 265 g/mol. The minimum Gasteiger partial charge on any atom is -0.0622 e. The van der Waals surface area contributed by atoms with Gasteiger partial charge in [0, 0.05) is 0 Å². The van der Waals surface area contributed by atoms with Gasteiger partial charge in [-0.15, -0.1) is 0 Å². The summed E-state index contributed by atoms with van der Waals surface area (Å²) in [5, 5.41) is 0. The van der Waals surface area contributed by atoms with E-state index in [2.05, 4.69) is 55.5 Å². The first kappa shape index (κ1) is 8.76. The second-order valence-electron chi connectivity index (χ2n) is 4.48. The van der Waals surface area contributed by atoms with Crippen molar-refractivity contribution in [3.63, 3.8) is 0 Å². The Kier molecular flexibility index (Phi) is 3.20. The molecule has 0 N–H and O–H groups in total. The normalized spacial score (nSPS) is 13.0. The average molecular weight is 265 g/mol. The SMILES string of the molecule is Cc1ccc(-c2ccccc2)cc1.[2H]c1c([2H])c([2H])c(C)c([2H])c1[2H]. The summed E-state index contributed by atoms with van der Waals surface area (Å²) in [4.78, 5) is 0. The number of benzene rings is 3. The summed E-state index contributed by atoms with van der Waals surface area (Å²) in [5.41, 5.74) is 4.16. The molecular weight excluding hydrogens is 240 g/mol. The molecule has 100 valence electrons. The Morgan fingerprint density at radius 3 is 1.75 bits per heavy atom. The van der Waals surface area contributed by atoms with Crippen molar-refractivity contribution in [1.29, 1.82) is 0 Å². The van der Waals surface area contributed by atoms with Crippen LogP contribution in [0.4, 0.5) is 0 Å². The fraction of sp³-hybridized carbons (Fsp3) is 0.100. The molecule has 0 atom stereocenters. The standard InChI is InChI=1S/C13H12.C7H8/c1-11-7-9-13(10-8-11)12-5-3-2-4-6-12;1-7-5-3-2-4-6-7/h2-10H,1H3;2-6H,1H3/i;2D,3D,4D,5D,6D. The van der Waals surface area contributed by atoms with Gasteiger partial charge in [-0.2, -0.15) is 0 Å². The molecule has 0 aromatic heterocycles. The van der Waals surface area contributed by atoms with Crippen molar-refractivity contribution in [3.05, 3.63) is 95.9 Å². The van der Waals surface area contributed by atoms with Gasteiger partial charge in [-0.05, 0) is 25.0 Å². The van der Waals surface area contributed by atoms with E-state index in [0.29, 0.717) is 5.56 Å². The van der Waals surface area contributed by atoms with Crippen molar-refractivity contribution in [3.8, 4) is 11.1 Å². The summed E-state index contributed by atoms with van der Waals surface area (Å²) < 4.78 is 36.3. The number of hydrogen-bond acceptors (Lipinski definition) is 0.